The summed E-state index contributed by atoms with van der Waals surface area (Å²) in [5, 5.41) is 10.4. The topological polar surface area (TPSA) is 49.3 Å². The maximum Gasteiger partial charge on any atom is 0.490 e. The van der Waals surface area contributed by atoms with Gasteiger partial charge in [0.25, 0.3) is 0 Å². The van der Waals surface area contributed by atoms with E-state index in [1.54, 1.807) is 0 Å². The Kier molecular flexibility index (Phi) is 6.17. The molecule has 22 heavy (non-hydrogen) atoms. The van der Waals surface area contributed by atoms with Gasteiger partial charge in [0.05, 0.1) is 0 Å². The Bertz CT molecular complexity index is 551. The van der Waals surface area contributed by atoms with E-state index in [-0.39, 0.29) is 0 Å². The molecule has 0 spiro atoms. The van der Waals surface area contributed by atoms with Crippen LogP contribution in [0.4, 0.5) is 13.2 Å². The molecule has 1 aliphatic rings. The van der Waals surface area contributed by atoms with Crippen LogP contribution in [0.2, 0.25) is 0 Å². The fourth-order valence-electron chi connectivity index (χ4n) is 1.94. The highest BCUT2D eigenvalue weighted by atomic mass is 19.4. The summed E-state index contributed by atoms with van der Waals surface area (Å²) in [7, 11) is 2.02. The number of nitrogens with one attached hydrogen (secondary N) is 1. The second kappa shape index (κ2) is 7.45. The summed E-state index contributed by atoms with van der Waals surface area (Å²) < 4.78 is 31.7. The SMILES string of the molecule is CNC1C=C(c2cccc(C(C)C)c2)C1.O=C(O)C(F)(F)F. The monoisotopic (exact) mass is 315 g/mol. The summed E-state index contributed by atoms with van der Waals surface area (Å²) in [6, 6.07) is 9.50. The minimum absolute atomic E-state index is 0.586. The predicted octanol–water partition coefficient (Wildman–Crippen LogP) is 3.82. The van der Waals surface area contributed by atoms with E-state index in [2.05, 4.69) is 49.5 Å². The number of benzene rings is 1. The van der Waals surface area contributed by atoms with Crippen molar-refractivity contribution < 1.29 is 23.1 Å². The van der Waals surface area contributed by atoms with Crippen molar-refractivity contribution in [1.29, 1.82) is 0 Å². The lowest BCUT2D eigenvalue weighted by atomic mass is 9.86. The van der Waals surface area contributed by atoms with Gasteiger partial charge in [0, 0.05) is 6.04 Å². The van der Waals surface area contributed by atoms with E-state index < -0.39 is 12.1 Å². The molecule has 0 aliphatic heterocycles. The van der Waals surface area contributed by atoms with E-state index >= 15 is 0 Å². The molecule has 0 bridgehead atoms. The maximum absolute atomic E-state index is 10.6. The van der Waals surface area contributed by atoms with Crippen molar-refractivity contribution >= 4 is 11.5 Å². The summed E-state index contributed by atoms with van der Waals surface area (Å²) in [5.74, 6) is -2.14. The third-order valence-electron chi connectivity index (χ3n) is 3.38. The Morgan fingerprint density at radius 1 is 1.36 bits per heavy atom. The first kappa shape index (κ1) is 18.2. The van der Waals surface area contributed by atoms with E-state index in [4.69, 9.17) is 9.90 Å². The van der Waals surface area contributed by atoms with Crippen LogP contribution >= 0.6 is 0 Å². The number of rotatable bonds is 3. The molecule has 1 unspecified atom stereocenters. The van der Waals surface area contributed by atoms with Gasteiger partial charge in [-0.2, -0.15) is 13.2 Å². The number of carboxylic acids is 1. The van der Waals surface area contributed by atoms with E-state index in [1.165, 1.54) is 16.7 Å². The molecule has 0 aromatic heterocycles. The first-order chi connectivity index (χ1) is 10.1. The van der Waals surface area contributed by atoms with Gasteiger partial charge in [-0.05, 0) is 36.1 Å². The Morgan fingerprint density at radius 2 is 1.91 bits per heavy atom. The molecule has 2 rings (SSSR count). The lowest BCUT2D eigenvalue weighted by molar-refractivity contribution is -0.192. The zero-order chi connectivity index (χ0) is 16.9. The van der Waals surface area contributed by atoms with Crippen LogP contribution in [-0.4, -0.2) is 30.3 Å². The van der Waals surface area contributed by atoms with Crippen molar-refractivity contribution in [1.82, 2.24) is 5.32 Å². The smallest absolute Gasteiger partial charge is 0.475 e. The lowest BCUT2D eigenvalue weighted by Crippen LogP contribution is -2.29. The molecule has 0 radical (unpaired) electrons. The third-order valence-corrected chi connectivity index (χ3v) is 3.38. The van der Waals surface area contributed by atoms with Gasteiger partial charge in [-0.3, -0.25) is 0 Å². The second-order valence-corrected chi connectivity index (χ2v) is 5.37. The molecule has 1 aromatic carbocycles. The normalized spacial score (nSPS) is 17.2. The number of alkyl halides is 3. The molecule has 0 fully saturated rings. The van der Waals surface area contributed by atoms with Gasteiger partial charge >= 0.3 is 12.1 Å². The Morgan fingerprint density at radius 3 is 2.32 bits per heavy atom. The van der Waals surface area contributed by atoms with E-state index in [0.717, 1.165) is 6.42 Å². The van der Waals surface area contributed by atoms with E-state index in [0.29, 0.717) is 12.0 Å². The average Bonchev–Trinajstić information content (AvgIpc) is 2.37. The van der Waals surface area contributed by atoms with Crippen LogP contribution in [0.3, 0.4) is 0 Å². The zero-order valence-electron chi connectivity index (χ0n) is 12.7. The molecular formula is C16H20F3NO2. The number of carboxylic acid groups (broad SMARTS) is 1. The molecule has 2 N–H and O–H groups in total. The molecular weight excluding hydrogens is 295 g/mol. The van der Waals surface area contributed by atoms with Crippen LogP contribution < -0.4 is 5.32 Å². The van der Waals surface area contributed by atoms with Crippen molar-refractivity contribution in [2.24, 2.45) is 0 Å². The van der Waals surface area contributed by atoms with Crippen molar-refractivity contribution in [3.8, 4) is 0 Å². The van der Waals surface area contributed by atoms with Crippen LogP contribution in [0.1, 0.15) is 37.3 Å². The maximum atomic E-state index is 10.6. The standard InChI is InChI=1S/C14H19N.C2HF3O2/c1-10(2)11-5-4-6-12(7-11)13-8-14(9-13)15-3;3-2(4,5)1(6)7/h4-8,10,14-15H,9H2,1-3H3;(H,6,7). The van der Waals surface area contributed by atoms with Gasteiger partial charge in [0.2, 0.25) is 0 Å². The molecule has 0 amide bonds. The number of likely N-dealkylation sites (N-methyl/N-ethyl adjacent to an activating group) is 1. The highest BCUT2D eigenvalue weighted by Crippen LogP contribution is 2.30. The molecule has 0 saturated heterocycles. The van der Waals surface area contributed by atoms with Gasteiger partial charge in [0.15, 0.2) is 0 Å². The summed E-state index contributed by atoms with van der Waals surface area (Å²) in [5.41, 5.74) is 4.31. The van der Waals surface area contributed by atoms with Crippen molar-refractivity contribution in [3.05, 3.63) is 41.5 Å². The number of aliphatic carboxylic acids is 1. The summed E-state index contributed by atoms with van der Waals surface area (Å²) in [4.78, 5) is 8.90. The minimum Gasteiger partial charge on any atom is -0.475 e. The molecule has 122 valence electrons. The predicted molar refractivity (Wildman–Crippen MR) is 79.7 cm³/mol. The van der Waals surface area contributed by atoms with Crippen molar-refractivity contribution in [2.45, 2.75) is 38.4 Å². The van der Waals surface area contributed by atoms with Crippen LogP contribution in [0, 0.1) is 0 Å². The Hall–Kier alpha value is -1.82. The summed E-state index contributed by atoms with van der Waals surface area (Å²) in [6.07, 6.45) is -1.60. The van der Waals surface area contributed by atoms with Crippen molar-refractivity contribution in [2.75, 3.05) is 7.05 Å². The zero-order valence-corrected chi connectivity index (χ0v) is 12.7. The number of carbonyl (C=O) groups is 1. The fraction of sp³-hybridized carbons (Fsp3) is 0.438. The molecule has 0 saturated carbocycles. The lowest BCUT2D eigenvalue weighted by Gasteiger charge is -2.25. The van der Waals surface area contributed by atoms with Crippen molar-refractivity contribution in [3.63, 3.8) is 0 Å². The largest absolute Gasteiger partial charge is 0.490 e. The Labute approximate surface area is 127 Å². The number of hydrogen-bond donors (Lipinski definition) is 2. The van der Waals surface area contributed by atoms with Gasteiger partial charge in [-0.25, -0.2) is 4.79 Å². The molecule has 6 heteroatoms. The molecule has 0 heterocycles. The van der Waals surface area contributed by atoms with Crippen LogP contribution in [-0.2, 0) is 4.79 Å². The van der Waals surface area contributed by atoms with Crippen LogP contribution in [0.5, 0.6) is 0 Å². The van der Waals surface area contributed by atoms with Crippen LogP contribution in [0.15, 0.2) is 30.3 Å². The van der Waals surface area contributed by atoms with Gasteiger partial charge in [-0.1, -0.05) is 44.2 Å². The molecule has 3 nitrogen and oxygen atoms in total. The molecule has 1 aromatic rings. The highest BCUT2D eigenvalue weighted by Gasteiger charge is 2.38. The number of hydrogen-bond acceptors (Lipinski definition) is 2. The highest BCUT2D eigenvalue weighted by molar-refractivity contribution is 5.73. The van der Waals surface area contributed by atoms with Gasteiger partial charge < -0.3 is 10.4 Å². The van der Waals surface area contributed by atoms with Crippen LogP contribution in [0.25, 0.3) is 5.57 Å². The quantitative estimate of drug-likeness (QED) is 0.891. The second-order valence-electron chi connectivity index (χ2n) is 5.37. The first-order valence-corrected chi connectivity index (χ1v) is 6.93. The summed E-state index contributed by atoms with van der Waals surface area (Å²) in [6.45, 7) is 4.48. The van der Waals surface area contributed by atoms with Gasteiger partial charge in [-0.15, -0.1) is 0 Å². The molecule has 1 aliphatic carbocycles. The van der Waals surface area contributed by atoms with E-state index in [9.17, 15) is 13.2 Å². The Balaban J connectivity index is 0.000000295. The number of halogens is 3. The minimum atomic E-state index is -5.08. The average molecular weight is 315 g/mol. The fourth-order valence-corrected chi connectivity index (χ4v) is 1.94. The van der Waals surface area contributed by atoms with Gasteiger partial charge in [0.1, 0.15) is 0 Å². The molecule has 1 atom stereocenters. The summed E-state index contributed by atoms with van der Waals surface area (Å²) >= 11 is 0. The first-order valence-electron chi connectivity index (χ1n) is 6.93. The third kappa shape index (κ3) is 5.18. The van der Waals surface area contributed by atoms with E-state index in [1.807, 2.05) is 7.05 Å².